The molecule has 0 aliphatic heterocycles. The quantitative estimate of drug-likeness (QED) is 0.657. The number of amides is 1. The predicted molar refractivity (Wildman–Crippen MR) is 90.1 cm³/mol. The summed E-state index contributed by atoms with van der Waals surface area (Å²) >= 11 is 0. The molecule has 2 aromatic rings. The maximum absolute atomic E-state index is 12.1. The van der Waals surface area contributed by atoms with Gasteiger partial charge in [-0.15, -0.1) is 0 Å². The lowest BCUT2D eigenvalue weighted by Crippen LogP contribution is -2.20. The first-order valence-electron chi connectivity index (χ1n) is 7.36. The number of carbonyl (C=O) groups excluding carboxylic acids is 1. The largest absolute Gasteiger partial charge is 0.507 e. The second-order valence-corrected chi connectivity index (χ2v) is 5.10. The zero-order valence-electron chi connectivity index (χ0n) is 13.5. The van der Waals surface area contributed by atoms with Crippen molar-refractivity contribution in [3.63, 3.8) is 0 Å². The number of hydrogen-bond acceptors (Lipinski definition) is 4. The number of carbonyl (C=O) groups is 1. The van der Waals surface area contributed by atoms with Crippen molar-refractivity contribution in [1.29, 1.82) is 0 Å². The molecule has 0 fully saturated rings. The van der Waals surface area contributed by atoms with Gasteiger partial charge in [0.15, 0.2) is 0 Å². The van der Waals surface area contributed by atoms with Crippen LogP contribution >= 0.6 is 0 Å². The van der Waals surface area contributed by atoms with Gasteiger partial charge in [0.25, 0.3) is 5.91 Å². The van der Waals surface area contributed by atoms with Crippen LogP contribution in [0.5, 0.6) is 11.5 Å². The zero-order chi connectivity index (χ0) is 16.8. The van der Waals surface area contributed by atoms with E-state index in [-0.39, 0.29) is 11.7 Å². The second-order valence-electron chi connectivity index (χ2n) is 5.10. The van der Waals surface area contributed by atoms with E-state index >= 15 is 0 Å². The van der Waals surface area contributed by atoms with E-state index < -0.39 is 0 Å². The molecular formula is C18H20N2O3. The first-order valence-corrected chi connectivity index (χ1v) is 7.36. The second kappa shape index (κ2) is 7.45. The number of nitrogens with one attached hydrogen (secondary N) is 1. The molecule has 0 saturated carbocycles. The summed E-state index contributed by atoms with van der Waals surface area (Å²) in [4.78, 5) is 12.1. The van der Waals surface area contributed by atoms with Crippen LogP contribution in [0.1, 0.15) is 34.8 Å². The number of methoxy groups -OCH3 is 1. The van der Waals surface area contributed by atoms with Gasteiger partial charge in [-0.3, -0.25) is 4.79 Å². The minimum atomic E-state index is -0.314. The van der Waals surface area contributed by atoms with Gasteiger partial charge in [-0.1, -0.05) is 18.6 Å². The topological polar surface area (TPSA) is 70.9 Å². The van der Waals surface area contributed by atoms with E-state index in [1.807, 2.05) is 26.0 Å². The number of hydrazone groups is 1. The molecule has 0 aliphatic rings. The third-order valence-electron chi connectivity index (χ3n) is 3.44. The maximum atomic E-state index is 12.1. The summed E-state index contributed by atoms with van der Waals surface area (Å²) in [5.74, 6) is 0.518. The summed E-state index contributed by atoms with van der Waals surface area (Å²) in [6, 6.07) is 12.1. The van der Waals surface area contributed by atoms with Gasteiger partial charge in [0.05, 0.1) is 12.8 Å². The van der Waals surface area contributed by atoms with E-state index in [0.29, 0.717) is 29.0 Å². The Hall–Kier alpha value is -2.82. The molecule has 2 N–H and O–H groups in total. The van der Waals surface area contributed by atoms with Gasteiger partial charge in [0.2, 0.25) is 0 Å². The van der Waals surface area contributed by atoms with Crippen molar-refractivity contribution in [3.8, 4) is 11.5 Å². The van der Waals surface area contributed by atoms with Crippen LogP contribution < -0.4 is 10.2 Å². The van der Waals surface area contributed by atoms with Crippen LogP contribution in [0.25, 0.3) is 0 Å². The van der Waals surface area contributed by atoms with E-state index in [9.17, 15) is 9.90 Å². The molecule has 0 atom stereocenters. The van der Waals surface area contributed by atoms with Crippen LogP contribution in [0.15, 0.2) is 47.6 Å². The minimum Gasteiger partial charge on any atom is -0.507 e. The van der Waals surface area contributed by atoms with E-state index in [1.165, 1.54) is 0 Å². The number of nitrogens with zero attached hydrogens (tertiary/aromatic N) is 1. The number of phenolic OH excluding ortho intramolecular Hbond substituents is 1. The lowest BCUT2D eigenvalue weighted by Gasteiger charge is -2.08. The summed E-state index contributed by atoms with van der Waals surface area (Å²) < 4.78 is 5.06. The fraction of sp³-hybridized carbons (Fsp3) is 0.222. The Balaban J connectivity index is 2.18. The Kier molecular flexibility index (Phi) is 5.36. The Morgan fingerprint density at radius 3 is 2.52 bits per heavy atom. The summed E-state index contributed by atoms with van der Waals surface area (Å²) in [5, 5.41) is 14.1. The minimum absolute atomic E-state index is 0.148. The smallest absolute Gasteiger partial charge is 0.271 e. The van der Waals surface area contributed by atoms with E-state index in [0.717, 1.165) is 5.56 Å². The average molecular weight is 312 g/mol. The highest BCUT2D eigenvalue weighted by Gasteiger charge is 2.10. The van der Waals surface area contributed by atoms with Crippen LogP contribution in [-0.4, -0.2) is 23.8 Å². The standard InChI is InChI=1S/C18H20N2O3/c1-4-16(15-11-12(2)5-10-17(15)21)19-20-18(22)13-6-8-14(23-3)9-7-13/h5-11,21H,4H2,1-3H3,(H,20,22)/b19-16+. The van der Waals surface area contributed by atoms with Crippen LogP contribution in [0.2, 0.25) is 0 Å². The van der Waals surface area contributed by atoms with Gasteiger partial charge in [0.1, 0.15) is 11.5 Å². The summed E-state index contributed by atoms with van der Waals surface area (Å²) in [6.45, 7) is 3.85. The number of aryl methyl sites for hydroxylation is 1. The molecule has 5 nitrogen and oxygen atoms in total. The van der Waals surface area contributed by atoms with Crippen LogP contribution in [0.4, 0.5) is 0 Å². The lowest BCUT2D eigenvalue weighted by atomic mass is 10.0. The Bertz CT molecular complexity index is 722. The molecule has 0 saturated heterocycles. The van der Waals surface area contributed by atoms with Crippen molar-refractivity contribution in [1.82, 2.24) is 5.43 Å². The number of benzene rings is 2. The van der Waals surface area contributed by atoms with E-state index in [1.54, 1.807) is 37.4 Å². The van der Waals surface area contributed by atoms with Crippen molar-refractivity contribution in [2.24, 2.45) is 5.10 Å². The average Bonchev–Trinajstić information content (AvgIpc) is 2.58. The van der Waals surface area contributed by atoms with Gasteiger partial charge < -0.3 is 9.84 Å². The normalized spacial score (nSPS) is 11.2. The SMILES string of the molecule is CC/C(=N\NC(=O)c1ccc(OC)cc1)c1cc(C)ccc1O. The van der Waals surface area contributed by atoms with Crippen molar-refractivity contribution < 1.29 is 14.6 Å². The van der Waals surface area contributed by atoms with E-state index in [4.69, 9.17) is 4.74 Å². The summed E-state index contributed by atoms with van der Waals surface area (Å²) in [6.07, 6.45) is 0.583. The first kappa shape index (κ1) is 16.5. The fourth-order valence-electron chi connectivity index (χ4n) is 2.14. The highest BCUT2D eigenvalue weighted by molar-refractivity contribution is 6.04. The van der Waals surface area contributed by atoms with Crippen molar-refractivity contribution in [3.05, 3.63) is 59.2 Å². The van der Waals surface area contributed by atoms with Gasteiger partial charge in [-0.05, 0) is 49.7 Å². The monoisotopic (exact) mass is 312 g/mol. The third kappa shape index (κ3) is 4.10. The molecule has 0 bridgehead atoms. The maximum Gasteiger partial charge on any atom is 0.271 e. The van der Waals surface area contributed by atoms with Crippen molar-refractivity contribution in [2.75, 3.05) is 7.11 Å². The van der Waals surface area contributed by atoms with Crippen molar-refractivity contribution in [2.45, 2.75) is 20.3 Å². The summed E-state index contributed by atoms with van der Waals surface area (Å²) in [7, 11) is 1.57. The first-order chi connectivity index (χ1) is 11.0. The number of rotatable bonds is 5. The Morgan fingerprint density at radius 1 is 1.22 bits per heavy atom. The van der Waals surface area contributed by atoms with E-state index in [2.05, 4.69) is 10.5 Å². The summed E-state index contributed by atoms with van der Waals surface area (Å²) in [5.41, 5.74) is 5.27. The predicted octanol–water partition coefficient (Wildman–Crippen LogP) is 3.25. The van der Waals surface area contributed by atoms with Gasteiger partial charge >= 0.3 is 0 Å². The molecule has 0 aliphatic carbocycles. The Morgan fingerprint density at radius 2 is 1.91 bits per heavy atom. The number of aromatic hydroxyl groups is 1. The number of phenols is 1. The highest BCUT2D eigenvalue weighted by Crippen LogP contribution is 2.20. The van der Waals surface area contributed by atoms with Gasteiger partial charge in [0, 0.05) is 11.1 Å². The lowest BCUT2D eigenvalue weighted by molar-refractivity contribution is 0.0954. The molecule has 0 unspecified atom stereocenters. The highest BCUT2D eigenvalue weighted by atomic mass is 16.5. The van der Waals surface area contributed by atoms with Gasteiger partial charge in [-0.2, -0.15) is 5.10 Å². The number of ether oxygens (including phenoxy) is 1. The molecule has 5 heteroatoms. The third-order valence-corrected chi connectivity index (χ3v) is 3.44. The van der Waals surface area contributed by atoms with Crippen LogP contribution in [0.3, 0.4) is 0 Å². The van der Waals surface area contributed by atoms with Crippen LogP contribution in [0, 0.1) is 6.92 Å². The molecule has 0 radical (unpaired) electrons. The fourth-order valence-corrected chi connectivity index (χ4v) is 2.14. The van der Waals surface area contributed by atoms with Crippen LogP contribution in [-0.2, 0) is 0 Å². The molecular weight excluding hydrogens is 292 g/mol. The molecule has 2 rings (SSSR count). The van der Waals surface area contributed by atoms with Crippen molar-refractivity contribution >= 4 is 11.6 Å². The van der Waals surface area contributed by atoms with Gasteiger partial charge in [-0.25, -0.2) is 5.43 Å². The molecule has 2 aromatic carbocycles. The molecule has 0 aromatic heterocycles. The molecule has 0 spiro atoms. The Labute approximate surface area is 135 Å². The molecule has 0 heterocycles. The molecule has 120 valence electrons. The molecule has 1 amide bonds. The number of hydrogen-bond donors (Lipinski definition) is 2. The molecule has 23 heavy (non-hydrogen) atoms. The zero-order valence-corrected chi connectivity index (χ0v) is 13.5.